The smallest absolute Gasteiger partial charge is 0.226 e. The van der Waals surface area contributed by atoms with Crippen LogP contribution in [-0.2, 0) is 22.0 Å². The Bertz CT molecular complexity index is 1010. The molecule has 2 unspecified atom stereocenters. The molecule has 0 N–H and O–H groups in total. The molecule has 2 heterocycles. The second kappa shape index (κ2) is 9.25. The van der Waals surface area contributed by atoms with Gasteiger partial charge in [-0.1, -0.05) is 24.3 Å². The number of methoxy groups -OCH3 is 1. The summed E-state index contributed by atoms with van der Waals surface area (Å²) in [6, 6.07) is 16.1. The summed E-state index contributed by atoms with van der Waals surface area (Å²) in [7, 11) is 0.830. The number of oxazole rings is 1. The van der Waals surface area contributed by atoms with E-state index in [1.165, 1.54) is 0 Å². The van der Waals surface area contributed by atoms with Crippen LogP contribution in [0, 0.1) is 6.92 Å². The molecule has 1 aromatic heterocycles. The SMILES string of the molecule is COC1CCN(CCc2nc(-c3ccc(-c4ccc(S(C)=O)cc4)cc3)oc2C)C1. The van der Waals surface area contributed by atoms with Crippen molar-refractivity contribution in [3.63, 3.8) is 0 Å². The molecule has 1 aliphatic heterocycles. The standard InChI is InChI=1S/C24H28N2O3S/c1-17-23(13-15-26-14-12-21(16-26)28-2)25-24(29-17)20-6-4-18(5-7-20)19-8-10-22(11-9-19)30(3)27/h4-11,21H,12-16H2,1-3H3. The van der Waals surface area contributed by atoms with E-state index in [-0.39, 0.29) is 0 Å². The average Bonchev–Trinajstić information content (AvgIpc) is 3.38. The molecule has 0 saturated carbocycles. The number of aromatic nitrogens is 1. The zero-order valence-corrected chi connectivity index (χ0v) is 18.6. The predicted molar refractivity (Wildman–Crippen MR) is 120 cm³/mol. The van der Waals surface area contributed by atoms with Crippen LogP contribution >= 0.6 is 0 Å². The molecule has 0 amide bonds. The Morgan fingerprint density at radius 3 is 2.33 bits per heavy atom. The minimum absolute atomic E-state index is 0.359. The van der Waals surface area contributed by atoms with Crippen molar-refractivity contribution in [3.8, 4) is 22.6 Å². The Labute approximate surface area is 180 Å². The number of nitrogens with zero attached hydrogens (tertiary/aromatic N) is 2. The van der Waals surface area contributed by atoms with Gasteiger partial charge in [0.1, 0.15) is 5.76 Å². The largest absolute Gasteiger partial charge is 0.441 e. The highest BCUT2D eigenvalue weighted by atomic mass is 32.2. The van der Waals surface area contributed by atoms with E-state index in [0.29, 0.717) is 12.0 Å². The Morgan fingerprint density at radius 1 is 1.10 bits per heavy atom. The number of ether oxygens (including phenoxy) is 1. The fourth-order valence-electron chi connectivity index (χ4n) is 3.88. The Hall–Kier alpha value is -2.28. The van der Waals surface area contributed by atoms with E-state index in [1.54, 1.807) is 13.4 Å². The molecule has 2 aromatic carbocycles. The summed E-state index contributed by atoms with van der Waals surface area (Å²) >= 11 is 0. The third kappa shape index (κ3) is 4.72. The molecule has 30 heavy (non-hydrogen) atoms. The van der Waals surface area contributed by atoms with Crippen LogP contribution in [0.2, 0.25) is 0 Å². The molecule has 0 radical (unpaired) electrons. The van der Waals surface area contributed by atoms with Crippen molar-refractivity contribution in [3.05, 3.63) is 60.0 Å². The summed E-state index contributed by atoms with van der Waals surface area (Å²) in [5, 5.41) is 0. The van der Waals surface area contributed by atoms with E-state index in [0.717, 1.165) is 65.5 Å². The van der Waals surface area contributed by atoms with Crippen molar-refractivity contribution in [2.24, 2.45) is 0 Å². The first-order valence-corrected chi connectivity index (χ1v) is 11.8. The second-order valence-corrected chi connectivity index (χ2v) is 9.15. The van der Waals surface area contributed by atoms with Gasteiger partial charge in [0.15, 0.2) is 0 Å². The lowest BCUT2D eigenvalue weighted by atomic mass is 10.0. The third-order valence-corrected chi connectivity index (χ3v) is 6.71. The lowest BCUT2D eigenvalue weighted by molar-refractivity contribution is 0.108. The van der Waals surface area contributed by atoms with E-state index in [2.05, 4.69) is 17.0 Å². The summed E-state index contributed by atoms with van der Waals surface area (Å²) in [5.74, 6) is 1.56. The summed E-state index contributed by atoms with van der Waals surface area (Å²) in [6.07, 6.45) is 4.04. The monoisotopic (exact) mass is 424 g/mol. The molecule has 0 spiro atoms. The van der Waals surface area contributed by atoms with E-state index < -0.39 is 10.8 Å². The van der Waals surface area contributed by atoms with Gasteiger partial charge < -0.3 is 14.1 Å². The molecule has 4 rings (SSSR count). The molecular weight excluding hydrogens is 396 g/mol. The van der Waals surface area contributed by atoms with Crippen LogP contribution in [0.3, 0.4) is 0 Å². The molecule has 0 aliphatic carbocycles. The zero-order chi connectivity index (χ0) is 21.1. The number of rotatable bonds is 7. The van der Waals surface area contributed by atoms with E-state index in [1.807, 2.05) is 43.3 Å². The normalized spacial score (nSPS) is 18.0. The van der Waals surface area contributed by atoms with Gasteiger partial charge in [-0.05, 0) is 48.7 Å². The number of likely N-dealkylation sites (tertiary alicyclic amines) is 1. The van der Waals surface area contributed by atoms with Gasteiger partial charge in [-0.3, -0.25) is 4.21 Å². The highest BCUT2D eigenvalue weighted by Crippen LogP contribution is 2.27. The van der Waals surface area contributed by atoms with Crippen molar-refractivity contribution < 1.29 is 13.4 Å². The summed E-state index contributed by atoms with van der Waals surface area (Å²) in [5.41, 5.74) is 4.20. The number of hydrogen-bond acceptors (Lipinski definition) is 5. The molecule has 3 aromatic rings. The second-order valence-electron chi connectivity index (χ2n) is 7.77. The van der Waals surface area contributed by atoms with Crippen LogP contribution in [-0.4, -0.2) is 53.2 Å². The third-order valence-electron chi connectivity index (χ3n) is 5.77. The van der Waals surface area contributed by atoms with Gasteiger partial charge in [0, 0.05) is 60.7 Å². The first-order chi connectivity index (χ1) is 14.5. The Balaban J connectivity index is 1.43. The highest BCUT2D eigenvalue weighted by Gasteiger charge is 2.22. The molecule has 5 nitrogen and oxygen atoms in total. The lowest BCUT2D eigenvalue weighted by Crippen LogP contribution is -2.25. The fourth-order valence-corrected chi connectivity index (χ4v) is 4.40. The topological polar surface area (TPSA) is 55.6 Å². The van der Waals surface area contributed by atoms with Crippen LogP contribution in [0.25, 0.3) is 22.6 Å². The van der Waals surface area contributed by atoms with Crippen LogP contribution in [0.4, 0.5) is 0 Å². The van der Waals surface area contributed by atoms with Crippen molar-refractivity contribution in [2.75, 3.05) is 33.0 Å². The van der Waals surface area contributed by atoms with Crippen LogP contribution < -0.4 is 0 Å². The van der Waals surface area contributed by atoms with Gasteiger partial charge in [0.2, 0.25) is 5.89 Å². The molecule has 2 atom stereocenters. The molecule has 0 bridgehead atoms. The van der Waals surface area contributed by atoms with Crippen molar-refractivity contribution in [2.45, 2.75) is 30.8 Å². The molecule has 1 saturated heterocycles. The highest BCUT2D eigenvalue weighted by molar-refractivity contribution is 7.84. The first kappa shape index (κ1) is 21.0. The van der Waals surface area contributed by atoms with E-state index in [4.69, 9.17) is 14.1 Å². The number of hydrogen-bond donors (Lipinski definition) is 0. The number of benzene rings is 2. The minimum atomic E-state index is -0.957. The van der Waals surface area contributed by atoms with Gasteiger partial charge in [-0.15, -0.1) is 0 Å². The molecule has 1 aliphatic rings. The van der Waals surface area contributed by atoms with Crippen LogP contribution in [0.5, 0.6) is 0 Å². The summed E-state index contributed by atoms with van der Waals surface area (Å²) < 4.78 is 23.0. The van der Waals surface area contributed by atoms with Crippen LogP contribution in [0.15, 0.2) is 57.8 Å². The van der Waals surface area contributed by atoms with Crippen molar-refractivity contribution in [1.29, 1.82) is 0 Å². The zero-order valence-electron chi connectivity index (χ0n) is 17.8. The van der Waals surface area contributed by atoms with Gasteiger partial charge in [0.05, 0.1) is 11.8 Å². The Morgan fingerprint density at radius 2 is 1.73 bits per heavy atom. The van der Waals surface area contributed by atoms with Gasteiger partial charge in [0.25, 0.3) is 0 Å². The molecule has 1 fully saturated rings. The molecular formula is C24H28N2O3S. The van der Waals surface area contributed by atoms with Crippen molar-refractivity contribution >= 4 is 10.8 Å². The van der Waals surface area contributed by atoms with Crippen molar-refractivity contribution in [1.82, 2.24) is 9.88 Å². The maximum absolute atomic E-state index is 11.6. The van der Waals surface area contributed by atoms with Crippen LogP contribution in [0.1, 0.15) is 17.9 Å². The number of aryl methyl sites for hydroxylation is 1. The summed E-state index contributed by atoms with van der Waals surface area (Å²) in [6.45, 7) is 5.04. The van der Waals surface area contributed by atoms with E-state index >= 15 is 0 Å². The maximum atomic E-state index is 11.6. The van der Waals surface area contributed by atoms with E-state index in [9.17, 15) is 4.21 Å². The summed E-state index contributed by atoms with van der Waals surface area (Å²) in [4.78, 5) is 8.02. The maximum Gasteiger partial charge on any atom is 0.226 e. The molecule has 158 valence electrons. The first-order valence-electron chi connectivity index (χ1n) is 10.3. The Kier molecular flexibility index (Phi) is 6.46. The van der Waals surface area contributed by atoms with Gasteiger partial charge >= 0.3 is 0 Å². The quantitative estimate of drug-likeness (QED) is 0.565. The minimum Gasteiger partial charge on any atom is -0.441 e. The van der Waals surface area contributed by atoms with Gasteiger partial charge in [-0.2, -0.15) is 0 Å². The predicted octanol–water partition coefficient (Wildman–Crippen LogP) is 4.32. The fraction of sp³-hybridized carbons (Fsp3) is 0.375. The van der Waals surface area contributed by atoms with Gasteiger partial charge in [-0.25, -0.2) is 4.98 Å². The average molecular weight is 425 g/mol. The lowest BCUT2D eigenvalue weighted by Gasteiger charge is -2.14. The molecule has 6 heteroatoms.